The number of carbonyl (C=O) groups is 1. The van der Waals surface area contributed by atoms with E-state index in [2.05, 4.69) is 11.7 Å². The standard InChI is InChI=1S/C11H15N3O/c1-4-14(12)11(15)10-8(2)6-5-7-9(10)13-3/h5-7H,3-4,12H2,1-2H3. The molecule has 1 aromatic carbocycles. The zero-order valence-electron chi connectivity index (χ0n) is 9.03. The summed E-state index contributed by atoms with van der Waals surface area (Å²) in [6, 6.07) is 5.44. The third kappa shape index (κ3) is 2.22. The Kier molecular flexibility index (Phi) is 3.57. The van der Waals surface area contributed by atoms with Gasteiger partial charge in [-0.3, -0.25) is 14.8 Å². The third-order valence-electron chi connectivity index (χ3n) is 2.24. The number of aliphatic imine (C=N–C) groups is 1. The van der Waals surface area contributed by atoms with Gasteiger partial charge in [0.1, 0.15) is 0 Å². The second-order valence-electron chi connectivity index (χ2n) is 3.22. The van der Waals surface area contributed by atoms with Crippen molar-refractivity contribution in [1.82, 2.24) is 5.01 Å². The lowest BCUT2D eigenvalue weighted by Gasteiger charge is -2.16. The smallest absolute Gasteiger partial charge is 0.270 e. The van der Waals surface area contributed by atoms with Gasteiger partial charge >= 0.3 is 0 Å². The minimum Gasteiger partial charge on any atom is -0.277 e. The molecule has 0 atom stereocenters. The predicted molar refractivity (Wildman–Crippen MR) is 61.3 cm³/mol. The molecule has 80 valence electrons. The van der Waals surface area contributed by atoms with Gasteiger partial charge in [0.05, 0.1) is 11.3 Å². The monoisotopic (exact) mass is 205 g/mol. The van der Waals surface area contributed by atoms with E-state index in [0.717, 1.165) is 10.6 Å². The fourth-order valence-electron chi connectivity index (χ4n) is 1.35. The first-order chi connectivity index (χ1) is 7.11. The van der Waals surface area contributed by atoms with Gasteiger partial charge in [-0.05, 0) is 32.2 Å². The number of rotatable bonds is 3. The Morgan fingerprint density at radius 1 is 1.60 bits per heavy atom. The van der Waals surface area contributed by atoms with Crippen molar-refractivity contribution in [3.8, 4) is 0 Å². The first kappa shape index (κ1) is 11.4. The Labute approximate surface area is 89.4 Å². The summed E-state index contributed by atoms with van der Waals surface area (Å²) in [5.74, 6) is 5.34. The Morgan fingerprint density at radius 3 is 2.80 bits per heavy atom. The summed E-state index contributed by atoms with van der Waals surface area (Å²) in [7, 11) is 0. The zero-order valence-corrected chi connectivity index (χ0v) is 9.03. The molecule has 4 nitrogen and oxygen atoms in total. The van der Waals surface area contributed by atoms with Gasteiger partial charge in [0.15, 0.2) is 0 Å². The minimum absolute atomic E-state index is 0.224. The molecule has 0 spiro atoms. The maximum atomic E-state index is 11.9. The fourth-order valence-corrected chi connectivity index (χ4v) is 1.35. The van der Waals surface area contributed by atoms with Crippen LogP contribution in [0, 0.1) is 6.92 Å². The SMILES string of the molecule is C=Nc1cccc(C)c1C(=O)N(N)CC. The number of hydrogen-bond acceptors (Lipinski definition) is 3. The molecule has 0 unspecified atom stereocenters. The zero-order chi connectivity index (χ0) is 11.4. The number of amides is 1. The van der Waals surface area contributed by atoms with Gasteiger partial charge in [-0.2, -0.15) is 0 Å². The lowest BCUT2D eigenvalue weighted by atomic mass is 10.1. The van der Waals surface area contributed by atoms with Crippen LogP contribution in [0.15, 0.2) is 23.2 Å². The van der Waals surface area contributed by atoms with Crippen LogP contribution < -0.4 is 5.84 Å². The van der Waals surface area contributed by atoms with Gasteiger partial charge in [0, 0.05) is 6.54 Å². The van der Waals surface area contributed by atoms with Crippen LogP contribution in [-0.4, -0.2) is 24.2 Å². The van der Waals surface area contributed by atoms with Crippen molar-refractivity contribution in [2.75, 3.05) is 6.54 Å². The van der Waals surface area contributed by atoms with Crippen LogP contribution in [0.5, 0.6) is 0 Å². The molecular formula is C11H15N3O. The molecule has 0 aliphatic rings. The van der Waals surface area contributed by atoms with E-state index >= 15 is 0 Å². The minimum atomic E-state index is -0.224. The lowest BCUT2D eigenvalue weighted by molar-refractivity contribution is 0.0764. The Bertz CT molecular complexity index is 387. The van der Waals surface area contributed by atoms with Crippen molar-refractivity contribution in [1.29, 1.82) is 0 Å². The third-order valence-corrected chi connectivity index (χ3v) is 2.24. The summed E-state index contributed by atoms with van der Waals surface area (Å²) < 4.78 is 0. The molecule has 1 rings (SSSR count). The van der Waals surface area contributed by atoms with Gasteiger partial charge in [0.2, 0.25) is 0 Å². The molecule has 0 fully saturated rings. The molecule has 0 bridgehead atoms. The Balaban J connectivity index is 3.23. The van der Waals surface area contributed by atoms with Crippen molar-refractivity contribution in [2.45, 2.75) is 13.8 Å². The van der Waals surface area contributed by atoms with E-state index in [1.165, 1.54) is 0 Å². The highest BCUT2D eigenvalue weighted by Gasteiger charge is 2.16. The maximum Gasteiger partial charge on any atom is 0.270 e. The molecule has 1 aromatic rings. The van der Waals surface area contributed by atoms with Crippen LogP contribution in [-0.2, 0) is 0 Å². The van der Waals surface area contributed by atoms with Crippen LogP contribution in [0.2, 0.25) is 0 Å². The maximum absolute atomic E-state index is 11.9. The summed E-state index contributed by atoms with van der Waals surface area (Å²) in [6.45, 7) is 7.57. The number of nitrogens with two attached hydrogens (primary N) is 1. The highest BCUT2D eigenvalue weighted by molar-refractivity contribution is 6.00. The van der Waals surface area contributed by atoms with Crippen molar-refractivity contribution in [3.63, 3.8) is 0 Å². The van der Waals surface area contributed by atoms with Crippen molar-refractivity contribution < 1.29 is 4.79 Å². The fraction of sp³-hybridized carbons (Fsp3) is 0.273. The number of nitrogens with zero attached hydrogens (tertiary/aromatic N) is 2. The normalized spacial score (nSPS) is 9.80. The molecule has 0 radical (unpaired) electrons. The van der Waals surface area contributed by atoms with Gasteiger partial charge in [0.25, 0.3) is 5.91 Å². The molecule has 1 amide bonds. The largest absolute Gasteiger partial charge is 0.277 e. The first-order valence-electron chi connectivity index (χ1n) is 4.74. The summed E-state index contributed by atoms with van der Waals surface area (Å²) in [5, 5.41) is 1.16. The number of carbonyl (C=O) groups excluding carboxylic acids is 1. The molecule has 0 saturated heterocycles. The van der Waals surface area contributed by atoms with Crippen molar-refractivity contribution in [2.24, 2.45) is 10.8 Å². The van der Waals surface area contributed by atoms with Crippen LogP contribution in [0.3, 0.4) is 0 Å². The number of hydrazine groups is 1. The molecular weight excluding hydrogens is 190 g/mol. The highest BCUT2D eigenvalue weighted by Crippen LogP contribution is 2.22. The van der Waals surface area contributed by atoms with E-state index in [1.807, 2.05) is 26.0 Å². The average Bonchev–Trinajstić information content (AvgIpc) is 2.26. The average molecular weight is 205 g/mol. The molecule has 0 heterocycles. The van der Waals surface area contributed by atoms with E-state index in [-0.39, 0.29) is 5.91 Å². The topological polar surface area (TPSA) is 58.7 Å². The van der Waals surface area contributed by atoms with Crippen LogP contribution in [0.25, 0.3) is 0 Å². The lowest BCUT2D eigenvalue weighted by Crippen LogP contribution is -2.37. The molecule has 0 aliphatic heterocycles. The first-order valence-corrected chi connectivity index (χ1v) is 4.74. The van der Waals surface area contributed by atoms with E-state index in [9.17, 15) is 4.79 Å². The summed E-state index contributed by atoms with van der Waals surface area (Å²) >= 11 is 0. The van der Waals surface area contributed by atoms with E-state index < -0.39 is 0 Å². The number of benzene rings is 1. The highest BCUT2D eigenvalue weighted by atomic mass is 16.2. The second-order valence-corrected chi connectivity index (χ2v) is 3.22. The second kappa shape index (κ2) is 4.70. The Hall–Kier alpha value is -1.68. The molecule has 0 saturated carbocycles. The predicted octanol–water partition coefficient (Wildman–Crippen LogP) is 1.66. The summed E-state index contributed by atoms with van der Waals surface area (Å²) in [4.78, 5) is 15.7. The van der Waals surface area contributed by atoms with Gasteiger partial charge in [-0.15, -0.1) is 0 Å². The number of aryl methyl sites for hydroxylation is 1. The van der Waals surface area contributed by atoms with Gasteiger partial charge in [-0.25, -0.2) is 5.84 Å². The molecule has 0 aliphatic carbocycles. The van der Waals surface area contributed by atoms with E-state index in [4.69, 9.17) is 5.84 Å². The van der Waals surface area contributed by atoms with E-state index in [1.54, 1.807) is 6.07 Å². The number of hydrogen-bond donors (Lipinski definition) is 1. The molecule has 15 heavy (non-hydrogen) atoms. The summed E-state index contributed by atoms with van der Waals surface area (Å²) in [6.07, 6.45) is 0. The van der Waals surface area contributed by atoms with Crippen LogP contribution in [0.1, 0.15) is 22.8 Å². The van der Waals surface area contributed by atoms with Crippen LogP contribution in [0.4, 0.5) is 5.69 Å². The molecule has 0 aromatic heterocycles. The van der Waals surface area contributed by atoms with E-state index in [0.29, 0.717) is 17.8 Å². The van der Waals surface area contributed by atoms with Crippen molar-refractivity contribution >= 4 is 18.3 Å². The van der Waals surface area contributed by atoms with Gasteiger partial charge in [-0.1, -0.05) is 12.1 Å². The quantitative estimate of drug-likeness (QED) is 0.353. The van der Waals surface area contributed by atoms with Gasteiger partial charge < -0.3 is 0 Å². The van der Waals surface area contributed by atoms with Crippen molar-refractivity contribution in [3.05, 3.63) is 29.3 Å². The van der Waals surface area contributed by atoms with Crippen LogP contribution >= 0.6 is 0 Å². The Morgan fingerprint density at radius 2 is 2.27 bits per heavy atom. The summed E-state index contributed by atoms with van der Waals surface area (Å²) in [5.41, 5.74) is 1.95. The molecule has 2 N–H and O–H groups in total. The molecule has 4 heteroatoms.